The van der Waals surface area contributed by atoms with Gasteiger partial charge in [-0.15, -0.1) is 11.3 Å². The van der Waals surface area contributed by atoms with E-state index in [0.717, 1.165) is 12.4 Å². The van der Waals surface area contributed by atoms with Gasteiger partial charge >= 0.3 is 0 Å². The summed E-state index contributed by atoms with van der Waals surface area (Å²) in [5.41, 5.74) is 1.33. The van der Waals surface area contributed by atoms with Crippen LogP contribution < -0.4 is 5.32 Å². The summed E-state index contributed by atoms with van der Waals surface area (Å²) in [6.45, 7) is 5.22. The number of rotatable bonds is 4. The zero-order valence-electron chi connectivity index (χ0n) is 9.90. The zero-order chi connectivity index (χ0) is 11.5. The van der Waals surface area contributed by atoms with Crippen LogP contribution in [0.4, 0.5) is 0 Å². The minimum Gasteiger partial charge on any atom is -0.336 e. The molecule has 1 N–H and O–H groups in total. The van der Waals surface area contributed by atoms with Crippen molar-refractivity contribution in [2.24, 2.45) is 7.05 Å². The molecule has 0 amide bonds. The van der Waals surface area contributed by atoms with Crippen molar-refractivity contribution in [3.63, 3.8) is 0 Å². The Kier molecular flexibility index (Phi) is 3.41. The molecule has 1 atom stereocenters. The van der Waals surface area contributed by atoms with Crippen LogP contribution in [0, 0.1) is 6.92 Å². The van der Waals surface area contributed by atoms with Gasteiger partial charge in [-0.05, 0) is 30.5 Å². The average Bonchev–Trinajstić information content (AvgIpc) is 2.84. The zero-order valence-corrected chi connectivity index (χ0v) is 10.7. The van der Waals surface area contributed by atoms with E-state index in [2.05, 4.69) is 40.2 Å². The number of thiophene rings is 1. The predicted molar refractivity (Wildman–Crippen MR) is 67.8 cm³/mol. The lowest BCUT2D eigenvalue weighted by atomic mass is 10.1. The molecule has 0 saturated carbocycles. The molecule has 2 aromatic heterocycles. The van der Waals surface area contributed by atoms with E-state index in [9.17, 15) is 0 Å². The van der Waals surface area contributed by atoms with Gasteiger partial charge in [-0.3, -0.25) is 0 Å². The van der Waals surface area contributed by atoms with Crippen molar-refractivity contribution in [1.82, 2.24) is 14.9 Å². The second-order valence-corrected chi connectivity index (χ2v) is 4.80. The van der Waals surface area contributed by atoms with Crippen molar-refractivity contribution in [3.05, 3.63) is 40.1 Å². The lowest BCUT2D eigenvalue weighted by Gasteiger charge is -2.17. The van der Waals surface area contributed by atoms with Gasteiger partial charge < -0.3 is 9.88 Å². The standard InChI is InChI=1S/C12H17N3S/c1-4-13-10(11-9(2)5-8-16-11)12-14-6-7-15(12)3/h5-8,10,13H,4H2,1-3H3. The Labute approximate surface area is 100 Å². The van der Waals surface area contributed by atoms with Crippen LogP contribution >= 0.6 is 11.3 Å². The molecule has 0 fully saturated rings. The molecule has 3 nitrogen and oxygen atoms in total. The maximum atomic E-state index is 4.44. The highest BCUT2D eigenvalue weighted by Gasteiger charge is 2.19. The first-order chi connectivity index (χ1) is 7.74. The Balaban J connectivity index is 2.39. The van der Waals surface area contributed by atoms with Crippen molar-refractivity contribution in [3.8, 4) is 0 Å². The van der Waals surface area contributed by atoms with E-state index in [-0.39, 0.29) is 6.04 Å². The van der Waals surface area contributed by atoms with Crippen LogP contribution in [-0.2, 0) is 7.05 Å². The second kappa shape index (κ2) is 4.80. The van der Waals surface area contributed by atoms with Crippen molar-refractivity contribution < 1.29 is 0 Å². The fourth-order valence-electron chi connectivity index (χ4n) is 1.84. The van der Waals surface area contributed by atoms with E-state index in [1.807, 2.05) is 19.4 Å². The van der Waals surface area contributed by atoms with Gasteiger partial charge in [-0.25, -0.2) is 4.98 Å². The Morgan fingerprint density at radius 2 is 2.38 bits per heavy atom. The van der Waals surface area contributed by atoms with Crippen LogP contribution in [0.15, 0.2) is 23.8 Å². The molecule has 0 spiro atoms. The highest BCUT2D eigenvalue weighted by molar-refractivity contribution is 7.10. The van der Waals surface area contributed by atoms with Gasteiger partial charge in [0.25, 0.3) is 0 Å². The molecular formula is C12H17N3S. The first-order valence-corrected chi connectivity index (χ1v) is 6.36. The van der Waals surface area contributed by atoms with Gasteiger partial charge in [-0.2, -0.15) is 0 Å². The average molecular weight is 235 g/mol. The molecular weight excluding hydrogens is 218 g/mol. The fourth-order valence-corrected chi connectivity index (χ4v) is 2.84. The van der Waals surface area contributed by atoms with E-state index in [4.69, 9.17) is 0 Å². The second-order valence-electron chi connectivity index (χ2n) is 3.85. The van der Waals surface area contributed by atoms with Crippen molar-refractivity contribution in [2.45, 2.75) is 19.9 Å². The number of imidazole rings is 1. The van der Waals surface area contributed by atoms with E-state index < -0.39 is 0 Å². The van der Waals surface area contributed by atoms with Gasteiger partial charge in [0, 0.05) is 24.3 Å². The highest BCUT2D eigenvalue weighted by atomic mass is 32.1. The fraction of sp³-hybridized carbons (Fsp3) is 0.417. The summed E-state index contributed by atoms with van der Waals surface area (Å²) < 4.78 is 2.08. The molecule has 0 saturated heterocycles. The van der Waals surface area contributed by atoms with E-state index in [0.29, 0.717) is 0 Å². The van der Waals surface area contributed by atoms with Crippen LogP contribution in [0.3, 0.4) is 0 Å². The molecule has 0 aliphatic heterocycles. The van der Waals surface area contributed by atoms with Crippen LogP contribution in [0.1, 0.15) is 29.2 Å². The predicted octanol–water partition coefficient (Wildman–Crippen LogP) is 2.49. The lowest BCUT2D eigenvalue weighted by Crippen LogP contribution is -2.24. The minimum absolute atomic E-state index is 0.213. The van der Waals surface area contributed by atoms with Crippen LogP contribution in [0.5, 0.6) is 0 Å². The van der Waals surface area contributed by atoms with Gasteiger partial charge in [0.15, 0.2) is 0 Å². The summed E-state index contributed by atoms with van der Waals surface area (Å²) in [7, 11) is 2.04. The lowest BCUT2D eigenvalue weighted by molar-refractivity contribution is 0.583. The number of hydrogen-bond acceptors (Lipinski definition) is 3. The Morgan fingerprint density at radius 3 is 2.88 bits per heavy atom. The third-order valence-electron chi connectivity index (χ3n) is 2.69. The van der Waals surface area contributed by atoms with Gasteiger partial charge in [0.1, 0.15) is 11.9 Å². The van der Waals surface area contributed by atoms with Crippen LogP contribution in [0.25, 0.3) is 0 Å². The first kappa shape index (κ1) is 11.4. The number of aromatic nitrogens is 2. The molecule has 16 heavy (non-hydrogen) atoms. The van der Waals surface area contributed by atoms with E-state index in [1.165, 1.54) is 10.4 Å². The van der Waals surface area contributed by atoms with E-state index in [1.54, 1.807) is 11.3 Å². The summed E-state index contributed by atoms with van der Waals surface area (Å²) in [6.07, 6.45) is 3.84. The summed E-state index contributed by atoms with van der Waals surface area (Å²) in [4.78, 5) is 5.80. The van der Waals surface area contributed by atoms with Crippen molar-refractivity contribution in [1.29, 1.82) is 0 Å². The summed E-state index contributed by atoms with van der Waals surface area (Å²) >= 11 is 1.79. The third-order valence-corrected chi connectivity index (χ3v) is 3.77. The number of hydrogen-bond donors (Lipinski definition) is 1. The summed E-state index contributed by atoms with van der Waals surface area (Å²) in [5.74, 6) is 1.08. The molecule has 0 aliphatic carbocycles. The molecule has 4 heteroatoms. The molecule has 2 rings (SSSR count). The number of aryl methyl sites for hydroxylation is 2. The normalized spacial score (nSPS) is 12.9. The van der Waals surface area contributed by atoms with Crippen molar-refractivity contribution >= 4 is 11.3 Å². The first-order valence-electron chi connectivity index (χ1n) is 5.48. The SMILES string of the molecule is CCNC(c1sccc1C)c1nccn1C. The van der Waals surface area contributed by atoms with E-state index >= 15 is 0 Å². The van der Waals surface area contributed by atoms with Gasteiger partial charge in [-0.1, -0.05) is 6.92 Å². The molecule has 2 heterocycles. The van der Waals surface area contributed by atoms with Gasteiger partial charge in [0.2, 0.25) is 0 Å². The minimum atomic E-state index is 0.213. The Bertz CT molecular complexity index is 418. The molecule has 86 valence electrons. The Morgan fingerprint density at radius 1 is 1.56 bits per heavy atom. The van der Waals surface area contributed by atoms with Crippen LogP contribution in [-0.4, -0.2) is 16.1 Å². The van der Waals surface area contributed by atoms with Crippen molar-refractivity contribution in [2.75, 3.05) is 6.54 Å². The highest BCUT2D eigenvalue weighted by Crippen LogP contribution is 2.28. The Hall–Kier alpha value is -1.13. The summed E-state index contributed by atoms with van der Waals surface area (Å²) in [5, 5.41) is 5.63. The molecule has 0 bridgehead atoms. The third kappa shape index (κ3) is 2.03. The monoisotopic (exact) mass is 235 g/mol. The molecule has 1 unspecified atom stereocenters. The molecule has 0 aliphatic rings. The number of nitrogens with zero attached hydrogens (tertiary/aromatic N) is 2. The summed E-state index contributed by atoms with van der Waals surface area (Å²) in [6, 6.07) is 2.37. The largest absolute Gasteiger partial charge is 0.336 e. The molecule has 0 radical (unpaired) electrons. The smallest absolute Gasteiger partial charge is 0.131 e. The quantitative estimate of drug-likeness (QED) is 0.882. The maximum absolute atomic E-state index is 4.44. The van der Waals surface area contributed by atoms with Crippen LogP contribution in [0.2, 0.25) is 0 Å². The number of nitrogens with one attached hydrogen (secondary N) is 1. The maximum Gasteiger partial charge on any atom is 0.131 e. The van der Waals surface area contributed by atoms with Gasteiger partial charge in [0.05, 0.1) is 0 Å². The molecule has 2 aromatic rings. The molecule has 0 aromatic carbocycles. The topological polar surface area (TPSA) is 29.9 Å².